The van der Waals surface area contributed by atoms with Crippen molar-refractivity contribution in [3.63, 3.8) is 0 Å². The summed E-state index contributed by atoms with van der Waals surface area (Å²) < 4.78 is 0. The summed E-state index contributed by atoms with van der Waals surface area (Å²) in [6.07, 6.45) is 0.561. The van der Waals surface area contributed by atoms with Crippen molar-refractivity contribution in [1.29, 1.82) is 5.26 Å². The molecule has 14 heavy (non-hydrogen) atoms. The number of carbonyl (C=O) groups is 1. The zero-order valence-corrected chi connectivity index (χ0v) is 9.31. The molecule has 0 aromatic carbocycles. The molecule has 0 spiro atoms. The first-order chi connectivity index (χ1) is 6.60. The van der Waals surface area contributed by atoms with Crippen LogP contribution in [0.15, 0.2) is 0 Å². The number of hydrogen-bond acceptors (Lipinski definition) is 4. The van der Waals surface area contributed by atoms with Gasteiger partial charge in [-0.2, -0.15) is 5.26 Å². The number of aryl methyl sites for hydroxylation is 2. The van der Waals surface area contributed by atoms with E-state index in [1.807, 2.05) is 19.9 Å². The lowest BCUT2D eigenvalue weighted by Gasteiger charge is -2.02. The largest absolute Gasteiger partial charge is 0.292 e. The third kappa shape index (κ3) is 1.99. The zero-order valence-electron chi connectivity index (χ0n) is 8.50. The number of ketones is 1. The summed E-state index contributed by atoms with van der Waals surface area (Å²) in [6, 6.07) is 2.02. The molecule has 0 fully saturated rings. The fourth-order valence-electron chi connectivity index (χ4n) is 1.25. The van der Waals surface area contributed by atoms with Gasteiger partial charge in [-0.3, -0.25) is 4.79 Å². The van der Waals surface area contributed by atoms with Crippen LogP contribution in [0, 0.1) is 31.1 Å². The van der Waals surface area contributed by atoms with Crippen molar-refractivity contribution < 1.29 is 4.79 Å². The molecule has 0 saturated carbocycles. The van der Waals surface area contributed by atoms with Crippen LogP contribution >= 0.6 is 11.3 Å². The number of carbonyl (C=O) groups excluding carboxylic acids is 1. The smallest absolute Gasteiger partial charge is 0.191 e. The number of nitrogens with zero attached hydrogens (tertiary/aromatic N) is 2. The van der Waals surface area contributed by atoms with Crippen LogP contribution in [0.1, 0.15) is 33.7 Å². The van der Waals surface area contributed by atoms with Crippen molar-refractivity contribution in [2.75, 3.05) is 0 Å². The van der Waals surface area contributed by atoms with Crippen LogP contribution in [-0.4, -0.2) is 10.8 Å². The second-order valence-electron chi connectivity index (χ2n) is 3.10. The van der Waals surface area contributed by atoms with E-state index < -0.39 is 5.92 Å². The third-order valence-electron chi connectivity index (χ3n) is 2.01. The van der Waals surface area contributed by atoms with Gasteiger partial charge in [0.15, 0.2) is 5.78 Å². The molecule has 1 aromatic heterocycles. The topological polar surface area (TPSA) is 53.8 Å². The summed E-state index contributed by atoms with van der Waals surface area (Å²) >= 11 is 1.37. The maximum atomic E-state index is 11.8. The average Bonchev–Trinajstić information content (AvgIpc) is 2.47. The number of thiazole rings is 1. The molecule has 0 aliphatic heterocycles. The molecule has 1 aromatic rings. The van der Waals surface area contributed by atoms with Crippen molar-refractivity contribution in [3.8, 4) is 6.07 Å². The third-order valence-corrected chi connectivity index (χ3v) is 3.10. The van der Waals surface area contributed by atoms with Gasteiger partial charge in [-0.15, -0.1) is 11.3 Å². The standard InChI is InChI=1S/C10H12N2OS/c1-4-8(5-11)9(13)10-6(2)12-7(3)14-10/h8H,4H2,1-3H3. The molecule has 1 rings (SSSR count). The van der Waals surface area contributed by atoms with Crippen molar-refractivity contribution in [3.05, 3.63) is 15.6 Å². The number of Topliss-reactive ketones (excluding diaryl/α,β-unsaturated/α-hetero) is 1. The lowest BCUT2D eigenvalue weighted by Crippen LogP contribution is -2.11. The second-order valence-corrected chi connectivity index (χ2v) is 4.30. The van der Waals surface area contributed by atoms with E-state index in [2.05, 4.69) is 4.98 Å². The lowest BCUT2D eigenvalue weighted by molar-refractivity contribution is 0.0950. The first kappa shape index (κ1) is 10.9. The summed E-state index contributed by atoms with van der Waals surface area (Å²) in [5, 5.41) is 9.64. The Balaban J connectivity index is 3.01. The highest BCUT2D eigenvalue weighted by Crippen LogP contribution is 2.21. The van der Waals surface area contributed by atoms with Crippen LogP contribution in [0.2, 0.25) is 0 Å². The fraction of sp³-hybridized carbons (Fsp3) is 0.500. The van der Waals surface area contributed by atoms with Gasteiger partial charge < -0.3 is 0 Å². The second kappa shape index (κ2) is 4.34. The average molecular weight is 208 g/mol. The molecule has 0 amide bonds. The van der Waals surface area contributed by atoms with Crippen LogP contribution in [0.5, 0.6) is 0 Å². The molecular formula is C10H12N2OS. The highest BCUT2D eigenvalue weighted by Gasteiger charge is 2.21. The molecule has 4 heteroatoms. The van der Waals surface area contributed by atoms with Gasteiger partial charge in [0.1, 0.15) is 5.92 Å². The summed E-state index contributed by atoms with van der Waals surface area (Å²) in [5.41, 5.74) is 0.742. The Kier molecular flexibility index (Phi) is 3.37. The molecule has 0 aliphatic carbocycles. The maximum absolute atomic E-state index is 11.8. The van der Waals surface area contributed by atoms with E-state index in [0.717, 1.165) is 10.7 Å². The number of aromatic nitrogens is 1. The zero-order chi connectivity index (χ0) is 10.7. The Morgan fingerprint density at radius 3 is 2.64 bits per heavy atom. The minimum absolute atomic E-state index is 0.0851. The molecule has 0 saturated heterocycles. The van der Waals surface area contributed by atoms with Crippen LogP contribution in [0.3, 0.4) is 0 Å². The SMILES string of the molecule is CCC(C#N)C(=O)c1sc(C)nc1C. The van der Waals surface area contributed by atoms with Crippen LogP contribution in [0.25, 0.3) is 0 Å². The van der Waals surface area contributed by atoms with Gasteiger partial charge in [0, 0.05) is 0 Å². The van der Waals surface area contributed by atoms with E-state index in [4.69, 9.17) is 5.26 Å². The van der Waals surface area contributed by atoms with Gasteiger partial charge in [0.2, 0.25) is 0 Å². The Labute approximate surface area is 87.4 Å². The molecule has 0 aliphatic rings. The Bertz CT molecular complexity index is 389. The summed E-state index contributed by atoms with van der Waals surface area (Å²) in [5.74, 6) is -0.605. The number of nitriles is 1. The van der Waals surface area contributed by atoms with E-state index in [9.17, 15) is 4.79 Å². The Morgan fingerprint density at radius 1 is 1.64 bits per heavy atom. The normalized spacial score (nSPS) is 12.1. The van der Waals surface area contributed by atoms with E-state index in [1.54, 1.807) is 6.92 Å². The minimum Gasteiger partial charge on any atom is -0.292 e. The molecule has 1 unspecified atom stereocenters. The first-order valence-corrected chi connectivity index (χ1v) is 5.29. The van der Waals surface area contributed by atoms with Gasteiger partial charge in [0.25, 0.3) is 0 Å². The molecule has 0 N–H and O–H groups in total. The molecule has 1 heterocycles. The van der Waals surface area contributed by atoms with Gasteiger partial charge in [-0.25, -0.2) is 4.98 Å². The fourth-order valence-corrected chi connectivity index (χ4v) is 2.17. The molecule has 74 valence electrons. The molecule has 1 atom stereocenters. The van der Waals surface area contributed by atoms with E-state index in [-0.39, 0.29) is 5.78 Å². The summed E-state index contributed by atoms with van der Waals surface area (Å²) in [4.78, 5) is 16.6. The monoisotopic (exact) mass is 208 g/mol. The Hall–Kier alpha value is -1.21. The van der Waals surface area contributed by atoms with Gasteiger partial charge >= 0.3 is 0 Å². The quantitative estimate of drug-likeness (QED) is 0.717. The van der Waals surface area contributed by atoms with Gasteiger partial charge in [-0.05, 0) is 20.3 Å². The van der Waals surface area contributed by atoms with Crippen LogP contribution in [-0.2, 0) is 0 Å². The van der Waals surface area contributed by atoms with E-state index in [1.165, 1.54) is 11.3 Å². The molecule has 0 radical (unpaired) electrons. The van der Waals surface area contributed by atoms with Crippen molar-refractivity contribution in [2.45, 2.75) is 27.2 Å². The highest BCUT2D eigenvalue weighted by molar-refractivity contribution is 7.13. The first-order valence-electron chi connectivity index (χ1n) is 4.48. The maximum Gasteiger partial charge on any atom is 0.191 e. The number of rotatable bonds is 3. The minimum atomic E-state index is -0.520. The summed E-state index contributed by atoms with van der Waals surface area (Å²) in [6.45, 7) is 5.51. The van der Waals surface area contributed by atoms with Crippen LogP contribution in [0.4, 0.5) is 0 Å². The number of hydrogen-bond donors (Lipinski definition) is 0. The lowest BCUT2D eigenvalue weighted by atomic mass is 10.0. The van der Waals surface area contributed by atoms with Crippen LogP contribution < -0.4 is 0 Å². The molecule has 3 nitrogen and oxygen atoms in total. The summed E-state index contributed by atoms with van der Waals surface area (Å²) in [7, 11) is 0. The van der Waals surface area contributed by atoms with Gasteiger partial charge in [0.05, 0.1) is 21.6 Å². The van der Waals surface area contributed by atoms with Crippen molar-refractivity contribution in [2.24, 2.45) is 5.92 Å². The van der Waals surface area contributed by atoms with Gasteiger partial charge in [-0.1, -0.05) is 6.92 Å². The molecular weight excluding hydrogens is 196 g/mol. The highest BCUT2D eigenvalue weighted by atomic mass is 32.1. The predicted octanol–water partition coefficient (Wildman–Crippen LogP) is 2.49. The van der Waals surface area contributed by atoms with Crippen molar-refractivity contribution in [1.82, 2.24) is 4.98 Å². The Morgan fingerprint density at radius 2 is 2.29 bits per heavy atom. The van der Waals surface area contributed by atoms with Crippen molar-refractivity contribution >= 4 is 17.1 Å². The van der Waals surface area contributed by atoms with E-state index >= 15 is 0 Å². The predicted molar refractivity (Wildman–Crippen MR) is 55.3 cm³/mol. The molecule has 0 bridgehead atoms. The van der Waals surface area contributed by atoms with E-state index in [0.29, 0.717) is 11.3 Å².